The van der Waals surface area contributed by atoms with Crippen LogP contribution in [0.2, 0.25) is 0 Å². The van der Waals surface area contributed by atoms with Gasteiger partial charge in [-0.05, 0) is 26.0 Å². The average Bonchev–Trinajstić information content (AvgIpc) is 2.25. The van der Waals surface area contributed by atoms with Crippen LogP contribution >= 0.6 is 0 Å². The Bertz CT molecular complexity index is 262. The standard InChI is InChI=1S/C12H19NO2/c1-10(2)15-9-12(8-14)13-11-6-4-3-5-7-11/h3-7,10,12-14H,8-9H2,1-2H3. The first-order valence-corrected chi connectivity index (χ1v) is 5.26. The Morgan fingerprint density at radius 3 is 2.47 bits per heavy atom. The number of nitrogens with one attached hydrogen (secondary N) is 1. The van der Waals surface area contributed by atoms with Crippen LogP contribution in [0.3, 0.4) is 0 Å². The molecular weight excluding hydrogens is 190 g/mol. The van der Waals surface area contributed by atoms with Gasteiger partial charge in [-0.25, -0.2) is 0 Å². The van der Waals surface area contributed by atoms with Crippen LogP contribution in [-0.4, -0.2) is 30.5 Å². The van der Waals surface area contributed by atoms with Crippen LogP contribution in [0.25, 0.3) is 0 Å². The molecule has 0 aliphatic heterocycles. The van der Waals surface area contributed by atoms with E-state index in [4.69, 9.17) is 9.84 Å². The lowest BCUT2D eigenvalue weighted by atomic mass is 10.2. The summed E-state index contributed by atoms with van der Waals surface area (Å²) in [5.74, 6) is 0. The highest BCUT2D eigenvalue weighted by molar-refractivity contribution is 5.43. The second kappa shape index (κ2) is 6.43. The SMILES string of the molecule is CC(C)OCC(CO)Nc1ccccc1. The summed E-state index contributed by atoms with van der Waals surface area (Å²) in [6.45, 7) is 4.55. The Balaban J connectivity index is 2.40. The second-order valence-electron chi connectivity index (χ2n) is 3.77. The van der Waals surface area contributed by atoms with E-state index >= 15 is 0 Å². The molecule has 1 rings (SSSR count). The predicted octanol–water partition coefficient (Wildman–Crippen LogP) is 1.88. The van der Waals surface area contributed by atoms with E-state index < -0.39 is 0 Å². The summed E-state index contributed by atoms with van der Waals surface area (Å²) >= 11 is 0. The number of hydrogen-bond acceptors (Lipinski definition) is 3. The Morgan fingerprint density at radius 1 is 1.27 bits per heavy atom. The zero-order valence-corrected chi connectivity index (χ0v) is 9.31. The fourth-order valence-electron chi connectivity index (χ4n) is 1.22. The fraction of sp³-hybridized carbons (Fsp3) is 0.500. The zero-order valence-electron chi connectivity index (χ0n) is 9.31. The summed E-state index contributed by atoms with van der Waals surface area (Å²) in [7, 11) is 0. The van der Waals surface area contributed by atoms with E-state index in [-0.39, 0.29) is 18.8 Å². The molecule has 0 heterocycles. The van der Waals surface area contributed by atoms with Crippen molar-refractivity contribution in [2.75, 3.05) is 18.5 Å². The molecule has 1 atom stereocenters. The molecule has 1 unspecified atom stereocenters. The molecule has 0 spiro atoms. The molecule has 2 N–H and O–H groups in total. The Hall–Kier alpha value is -1.06. The van der Waals surface area contributed by atoms with Crippen molar-refractivity contribution in [2.24, 2.45) is 0 Å². The van der Waals surface area contributed by atoms with Crippen molar-refractivity contribution in [1.82, 2.24) is 0 Å². The van der Waals surface area contributed by atoms with Gasteiger partial charge in [-0.15, -0.1) is 0 Å². The van der Waals surface area contributed by atoms with Crippen LogP contribution in [0.1, 0.15) is 13.8 Å². The smallest absolute Gasteiger partial charge is 0.0726 e. The molecule has 3 nitrogen and oxygen atoms in total. The van der Waals surface area contributed by atoms with Gasteiger partial charge in [-0.2, -0.15) is 0 Å². The molecule has 0 fully saturated rings. The van der Waals surface area contributed by atoms with Gasteiger partial charge in [-0.1, -0.05) is 18.2 Å². The third-order valence-corrected chi connectivity index (χ3v) is 2.00. The molecule has 1 aromatic rings. The van der Waals surface area contributed by atoms with Gasteiger partial charge in [0.15, 0.2) is 0 Å². The lowest BCUT2D eigenvalue weighted by molar-refractivity contribution is 0.0604. The highest BCUT2D eigenvalue weighted by Crippen LogP contribution is 2.07. The van der Waals surface area contributed by atoms with Crippen LogP contribution in [0.4, 0.5) is 5.69 Å². The summed E-state index contributed by atoms with van der Waals surface area (Å²) < 4.78 is 5.44. The number of benzene rings is 1. The monoisotopic (exact) mass is 209 g/mol. The largest absolute Gasteiger partial charge is 0.394 e. The Kier molecular flexibility index (Phi) is 5.15. The minimum absolute atomic E-state index is 0.0465. The van der Waals surface area contributed by atoms with Gasteiger partial charge in [0.25, 0.3) is 0 Å². The molecule has 0 amide bonds. The van der Waals surface area contributed by atoms with E-state index in [2.05, 4.69) is 5.32 Å². The first kappa shape index (κ1) is 12.0. The van der Waals surface area contributed by atoms with Crippen molar-refractivity contribution in [1.29, 1.82) is 0 Å². The van der Waals surface area contributed by atoms with Crippen molar-refractivity contribution >= 4 is 5.69 Å². The minimum atomic E-state index is -0.0465. The van der Waals surface area contributed by atoms with Gasteiger partial charge < -0.3 is 15.2 Å². The van der Waals surface area contributed by atoms with Crippen LogP contribution < -0.4 is 5.32 Å². The summed E-state index contributed by atoms with van der Waals surface area (Å²) in [6.07, 6.45) is 0.191. The van der Waals surface area contributed by atoms with E-state index in [1.165, 1.54) is 0 Å². The summed E-state index contributed by atoms with van der Waals surface area (Å²) in [5, 5.41) is 12.4. The fourth-order valence-corrected chi connectivity index (χ4v) is 1.22. The number of rotatable bonds is 6. The van der Waals surface area contributed by atoms with E-state index in [0.717, 1.165) is 5.69 Å². The molecule has 0 radical (unpaired) electrons. The number of para-hydroxylation sites is 1. The number of aliphatic hydroxyl groups is 1. The molecule has 84 valence electrons. The van der Waals surface area contributed by atoms with Gasteiger partial charge in [0.2, 0.25) is 0 Å². The molecule has 0 saturated heterocycles. The Morgan fingerprint density at radius 2 is 1.93 bits per heavy atom. The Labute approximate surface area is 91.1 Å². The van der Waals surface area contributed by atoms with Crippen LogP contribution in [0.5, 0.6) is 0 Å². The van der Waals surface area contributed by atoms with Gasteiger partial charge >= 0.3 is 0 Å². The van der Waals surface area contributed by atoms with Crippen molar-refractivity contribution in [3.8, 4) is 0 Å². The molecule has 1 aromatic carbocycles. The van der Waals surface area contributed by atoms with E-state index in [1.807, 2.05) is 44.2 Å². The lowest BCUT2D eigenvalue weighted by Crippen LogP contribution is -2.30. The van der Waals surface area contributed by atoms with Crippen LogP contribution in [0, 0.1) is 0 Å². The normalized spacial score (nSPS) is 12.8. The molecule has 15 heavy (non-hydrogen) atoms. The van der Waals surface area contributed by atoms with Gasteiger partial charge in [0.05, 0.1) is 25.4 Å². The molecule has 0 aromatic heterocycles. The first-order chi connectivity index (χ1) is 7.22. The van der Waals surface area contributed by atoms with Gasteiger partial charge in [0.1, 0.15) is 0 Å². The van der Waals surface area contributed by atoms with E-state index in [9.17, 15) is 0 Å². The quantitative estimate of drug-likeness (QED) is 0.751. The van der Waals surface area contributed by atoms with E-state index in [1.54, 1.807) is 0 Å². The van der Waals surface area contributed by atoms with Crippen molar-refractivity contribution in [2.45, 2.75) is 26.0 Å². The number of anilines is 1. The van der Waals surface area contributed by atoms with Crippen molar-refractivity contribution in [3.63, 3.8) is 0 Å². The predicted molar refractivity (Wildman–Crippen MR) is 62.0 cm³/mol. The number of ether oxygens (including phenoxy) is 1. The minimum Gasteiger partial charge on any atom is -0.394 e. The zero-order chi connectivity index (χ0) is 11.1. The maximum absolute atomic E-state index is 9.16. The summed E-state index contributed by atoms with van der Waals surface area (Å²) in [6, 6.07) is 9.77. The van der Waals surface area contributed by atoms with Crippen LogP contribution in [0.15, 0.2) is 30.3 Å². The van der Waals surface area contributed by atoms with Crippen molar-refractivity contribution < 1.29 is 9.84 Å². The summed E-state index contributed by atoms with van der Waals surface area (Å²) in [5.41, 5.74) is 1.00. The van der Waals surface area contributed by atoms with Crippen LogP contribution in [-0.2, 0) is 4.74 Å². The molecule has 0 bridgehead atoms. The highest BCUT2D eigenvalue weighted by Gasteiger charge is 2.07. The third-order valence-electron chi connectivity index (χ3n) is 2.00. The second-order valence-corrected chi connectivity index (χ2v) is 3.77. The number of aliphatic hydroxyl groups excluding tert-OH is 1. The maximum atomic E-state index is 9.16. The third kappa shape index (κ3) is 4.81. The lowest BCUT2D eigenvalue weighted by Gasteiger charge is -2.19. The molecule has 0 saturated carbocycles. The average molecular weight is 209 g/mol. The van der Waals surface area contributed by atoms with Crippen molar-refractivity contribution in [3.05, 3.63) is 30.3 Å². The van der Waals surface area contributed by atoms with E-state index in [0.29, 0.717) is 6.61 Å². The molecule has 3 heteroatoms. The first-order valence-electron chi connectivity index (χ1n) is 5.26. The highest BCUT2D eigenvalue weighted by atomic mass is 16.5. The van der Waals surface area contributed by atoms with Gasteiger partial charge in [-0.3, -0.25) is 0 Å². The molecular formula is C12H19NO2. The topological polar surface area (TPSA) is 41.5 Å². The number of hydrogen-bond donors (Lipinski definition) is 2. The summed E-state index contributed by atoms with van der Waals surface area (Å²) in [4.78, 5) is 0. The maximum Gasteiger partial charge on any atom is 0.0726 e. The van der Waals surface area contributed by atoms with Gasteiger partial charge in [0, 0.05) is 5.69 Å². The molecule has 0 aliphatic rings. The molecule has 0 aliphatic carbocycles.